The number of nitriles is 1. The van der Waals surface area contributed by atoms with Crippen molar-refractivity contribution >= 4 is 15.7 Å². The van der Waals surface area contributed by atoms with E-state index in [1.165, 1.54) is 12.3 Å². The van der Waals surface area contributed by atoms with Crippen LogP contribution in [0.4, 0.5) is 5.69 Å². The molecule has 0 saturated carbocycles. The first-order chi connectivity index (χ1) is 9.13. The van der Waals surface area contributed by atoms with Crippen molar-refractivity contribution in [3.63, 3.8) is 0 Å². The van der Waals surface area contributed by atoms with Gasteiger partial charge in [0.1, 0.15) is 11.8 Å². The molecule has 0 amide bonds. The number of nitrogens with zero attached hydrogens (tertiary/aromatic N) is 2. The summed E-state index contributed by atoms with van der Waals surface area (Å²) >= 11 is 0. The molecule has 98 valence electrons. The normalized spacial score (nSPS) is 10.7. The molecule has 0 unspecified atom stereocenters. The van der Waals surface area contributed by atoms with Gasteiger partial charge in [-0.25, -0.2) is 0 Å². The van der Waals surface area contributed by atoms with Gasteiger partial charge in [0.15, 0.2) is 11.6 Å². The smallest absolute Gasteiger partial charge is 0.278 e. The third kappa shape index (κ3) is 3.02. The van der Waals surface area contributed by atoms with Gasteiger partial charge in [-0.2, -0.15) is 18.8 Å². The summed E-state index contributed by atoms with van der Waals surface area (Å²) in [7, 11) is -3.75. The van der Waals surface area contributed by atoms with Crippen molar-refractivity contribution < 1.29 is 13.2 Å². The Balaban J connectivity index is 2.27. The number of para-hydroxylation sites is 2. The molecule has 19 heavy (non-hydrogen) atoms. The van der Waals surface area contributed by atoms with Crippen LogP contribution in [-0.2, 0) is 10.0 Å². The average Bonchev–Trinajstić information content (AvgIpc) is 2.92. The van der Waals surface area contributed by atoms with Crippen LogP contribution >= 0.6 is 0 Å². The molecule has 0 spiro atoms. The van der Waals surface area contributed by atoms with Gasteiger partial charge in [0, 0.05) is 0 Å². The number of nitrogens with one attached hydrogen (secondary N) is 2. The van der Waals surface area contributed by atoms with Gasteiger partial charge in [-0.15, -0.1) is 0 Å². The molecule has 2 aromatic rings. The van der Waals surface area contributed by atoms with Gasteiger partial charge in [0.05, 0.1) is 11.9 Å². The fourth-order valence-electron chi connectivity index (χ4n) is 1.38. The summed E-state index contributed by atoms with van der Waals surface area (Å²) in [5, 5.41) is 14.4. The number of anilines is 1. The van der Waals surface area contributed by atoms with E-state index in [1.54, 1.807) is 24.3 Å². The molecular formula is C11H10N4O3S. The number of sulfonamides is 1. The van der Waals surface area contributed by atoms with Crippen molar-refractivity contribution in [1.82, 2.24) is 10.2 Å². The molecule has 2 N–H and O–H groups in total. The minimum atomic E-state index is -3.75. The number of aromatic nitrogens is 2. The van der Waals surface area contributed by atoms with Crippen molar-refractivity contribution in [3.8, 4) is 11.8 Å². The molecule has 0 atom stereocenters. The maximum atomic E-state index is 12.0. The quantitative estimate of drug-likeness (QED) is 0.851. The number of benzene rings is 1. The summed E-state index contributed by atoms with van der Waals surface area (Å²) in [5.41, 5.74) is 0.257. The monoisotopic (exact) mass is 278 g/mol. The van der Waals surface area contributed by atoms with E-state index >= 15 is 0 Å². The minimum Gasteiger partial charge on any atom is -0.477 e. The van der Waals surface area contributed by atoms with E-state index in [0.717, 1.165) is 0 Å². The van der Waals surface area contributed by atoms with Crippen LogP contribution in [0.3, 0.4) is 0 Å². The molecule has 0 aliphatic heterocycles. The first kappa shape index (κ1) is 12.9. The zero-order valence-corrected chi connectivity index (χ0v) is 10.5. The Morgan fingerprint density at radius 1 is 1.37 bits per heavy atom. The van der Waals surface area contributed by atoms with Crippen molar-refractivity contribution in [3.05, 3.63) is 36.5 Å². The molecule has 0 saturated heterocycles. The largest absolute Gasteiger partial charge is 0.477 e. The van der Waals surface area contributed by atoms with E-state index in [0.29, 0.717) is 0 Å². The molecule has 2 rings (SSSR count). The maximum Gasteiger partial charge on any atom is 0.278 e. The lowest BCUT2D eigenvalue weighted by Gasteiger charge is -2.10. The van der Waals surface area contributed by atoms with Crippen LogP contribution in [0.25, 0.3) is 0 Å². The van der Waals surface area contributed by atoms with Gasteiger partial charge >= 0.3 is 0 Å². The lowest BCUT2D eigenvalue weighted by molar-refractivity contribution is 0.370. The van der Waals surface area contributed by atoms with Crippen molar-refractivity contribution in [2.75, 3.05) is 11.3 Å². The molecule has 0 radical (unpaired) electrons. The lowest BCUT2D eigenvalue weighted by atomic mass is 10.3. The molecule has 8 heteroatoms. The second-order valence-corrected chi connectivity index (χ2v) is 5.12. The van der Waals surface area contributed by atoms with E-state index in [9.17, 15) is 8.42 Å². The van der Waals surface area contributed by atoms with Gasteiger partial charge in [-0.05, 0) is 18.2 Å². The van der Waals surface area contributed by atoms with Gasteiger partial charge < -0.3 is 4.74 Å². The molecule has 0 aliphatic rings. The molecule has 1 aromatic carbocycles. The van der Waals surface area contributed by atoms with Crippen LogP contribution in [0.5, 0.6) is 5.75 Å². The third-order valence-corrected chi connectivity index (χ3v) is 3.48. The van der Waals surface area contributed by atoms with Crippen LogP contribution in [0, 0.1) is 11.3 Å². The Morgan fingerprint density at radius 3 is 2.84 bits per heavy atom. The fourth-order valence-corrected chi connectivity index (χ4v) is 2.36. The second kappa shape index (κ2) is 5.41. The highest BCUT2D eigenvalue weighted by Gasteiger charge is 2.17. The Hall–Kier alpha value is -2.53. The number of aromatic amines is 1. The van der Waals surface area contributed by atoms with Gasteiger partial charge in [0.25, 0.3) is 10.0 Å². The summed E-state index contributed by atoms with van der Waals surface area (Å²) < 4.78 is 31.5. The van der Waals surface area contributed by atoms with E-state index < -0.39 is 10.0 Å². The Bertz CT molecular complexity index is 689. The number of H-pyrrole nitrogens is 1. The summed E-state index contributed by atoms with van der Waals surface area (Å²) in [5.74, 6) is 0.284. The summed E-state index contributed by atoms with van der Waals surface area (Å²) in [6, 6.07) is 9.60. The maximum absolute atomic E-state index is 12.0. The molecule has 1 aromatic heterocycles. The number of hydrogen-bond donors (Lipinski definition) is 2. The van der Waals surface area contributed by atoms with Crippen LogP contribution in [-0.4, -0.2) is 25.2 Å². The zero-order valence-electron chi connectivity index (χ0n) is 9.70. The van der Waals surface area contributed by atoms with Gasteiger partial charge in [-0.3, -0.25) is 9.82 Å². The molecule has 7 nitrogen and oxygen atoms in total. The highest BCUT2D eigenvalue weighted by molar-refractivity contribution is 7.92. The van der Waals surface area contributed by atoms with Crippen molar-refractivity contribution in [1.29, 1.82) is 5.26 Å². The predicted octanol–water partition coefficient (Wildman–Crippen LogP) is 1.11. The first-order valence-corrected chi connectivity index (χ1v) is 6.73. The highest BCUT2D eigenvalue weighted by atomic mass is 32.2. The van der Waals surface area contributed by atoms with Crippen molar-refractivity contribution in [2.24, 2.45) is 0 Å². The number of ether oxygens (including phenoxy) is 1. The predicted molar refractivity (Wildman–Crippen MR) is 66.9 cm³/mol. The Kier molecular flexibility index (Phi) is 3.68. The fraction of sp³-hybridized carbons (Fsp3) is 0.0909. The second-order valence-electron chi connectivity index (χ2n) is 3.47. The first-order valence-electron chi connectivity index (χ1n) is 5.24. The van der Waals surface area contributed by atoms with E-state index in [-0.39, 0.29) is 23.1 Å². The SMILES string of the molecule is N#CCOc1ccccc1NS(=O)(=O)c1ccn[nH]1. The van der Waals surface area contributed by atoms with E-state index in [4.69, 9.17) is 10.00 Å². The van der Waals surface area contributed by atoms with Gasteiger partial charge in [-0.1, -0.05) is 12.1 Å². The zero-order chi connectivity index (χ0) is 13.7. The van der Waals surface area contributed by atoms with E-state index in [2.05, 4.69) is 14.9 Å². The lowest BCUT2D eigenvalue weighted by Crippen LogP contribution is -2.14. The summed E-state index contributed by atoms with van der Waals surface area (Å²) in [6.45, 7) is -0.164. The average molecular weight is 278 g/mol. The van der Waals surface area contributed by atoms with Crippen LogP contribution in [0.15, 0.2) is 41.6 Å². The molecular weight excluding hydrogens is 268 g/mol. The van der Waals surface area contributed by atoms with Crippen LogP contribution in [0.1, 0.15) is 0 Å². The van der Waals surface area contributed by atoms with Crippen LogP contribution < -0.4 is 9.46 Å². The topological polar surface area (TPSA) is 108 Å². The van der Waals surface area contributed by atoms with Gasteiger partial charge in [0.2, 0.25) is 0 Å². The third-order valence-electron chi connectivity index (χ3n) is 2.19. The van der Waals surface area contributed by atoms with Crippen molar-refractivity contribution in [2.45, 2.75) is 5.03 Å². The summed E-state index contributed by atoms with van der Waals surface area (Å²) in [6.07, 6.45) is 1.34. The molecule has 1 heterocycles. The molecule has 0 bridgehead atoms. The highest BCUT2D eigenvalue weighted by Crippen LogP contribution is 2.25. The Labute approximate surface area is 109 Å². The molecule has 0 fully saturated rings. The Morgan fingerprint density at radius 2 is 2.16 bits per heavy atom. The standard InChI is InChI=1S/C11H10N4O3S/c12-6-8-18-10-4-2-1-3-9(10)15-19(16,17)11-5-7-13-14-11/h1-5,7,15H,8H2,(H,13,14). The summed E-state index contributed by atoms with van der Waals surface area (Å²) in [4.78, 5) is 0. The minimum absolute atomic E-state index is 0.0532. The molecule has 0 aliphatic carbocycles. The number of rotatable bonds is 5. The van der Waals surface area contributed by atoms with E-state index in [1.807, 2.05) is 6.07 Å². The van der Waals surface area contributed by atoms with Crippen LogP contribution in [0.2, 0.25) is 0 Å². The number of hydrogen-bond acceptors (Lipinski definition) is 5.